The zero-order valence-electron chi connectivity index (χ0n) is 13.5. The van der Waals surface area contributed by atoms with Crippen LogP contribution in [0.25, 0.3) is 10.9 Å². The summed E-state index contributed by atoms with van der Waals surface area (Å²) in [5, 5.41) is 7.08. The zero-order chi connectivity index (χ0) is 17.6. The number of carbonyl (C=O) groups excluding carboxylic acids is 2. The Balaban J connectivity index is 1.44. The number of aromatic nitrogens is 1. The van der Waals surface area contributed by atoms with Gasteiger partial charge in [0.05, 0.1) is 6.54 Å². The predicted octanol–water partition coefficient (Wildman–Crippen LogP) is 3.44. The number of benzene rings is 2. The van der Waals surface area contributed by atoms with E-state index >= 15 is 0 Å². The second-order valence-corrected chi connectivity index (χ2v) is 6.09. The van der Waals surface area contributed by atoms with Gasteiger partial charge in [-0.25, -0.2) is 0 Å². The van der Waals surface area contributed by atoms with Crippen molar-refractivity contribution < 1.29 is 9.59 Å². The summed E-state index contributed by atoms with van der Waals surface area (Å²) in [4.78, 5) is 23.8. The van der Waals surface area contributed by atoms with Gasteiger partial charge in [0.25, 0.3) is 0 Å². The average Bonchev–Trinajstić information content (AvgIpc) is 3.03. The molecule has 1 aromatic heterocycles. The molecule has 25 heavy (non-hydrogen) atoms. The van der Waals surface area contributed by atoms with Crippen LogP contribution in [-0.2, 0) is 16.1 Å². The smallest absolute Gasteiger partial charge is 0.243 e. The Morgan fingerprint density at radius 1 is 0.960 bits per heavy atom. The molecule has 0 saturated carbocycles. The van der Waals surface area contributed by atoms with Crippen LogP contribution in [-0.4, -0.2) is 22.9 Å². The fraction of sp³-hybridized carbons (Fsp3) is 0.158. The molecule has 0 bridgehead atoms. The number of para-hydroxylation sites is 1. The van der Waals surface area contributed by atoms with E-state index in [1.165, 1.54) is 0 Å². The standard InChI is InChI=1S/C19H18ClN3O2/c20-15-5-7-16(8-6-15)22-19(25)13-21-18(24)10-12-23-11-9-14-3-1-2-4-17(14)23/h1-9,11H,10,12-13H2,(H,21,24)(H,22,25). The molecule has 0 aliphatic heterocycles. The number of nitrogens with zero attached hydrogens (tertiary/aromatic N) is 1. The minimum Gasteiger partial charge on any atom is -0.347 e. The van der Waals surface area contributed by atoms with E-state index in [0.717, 1.165) is 10.9 Å². The highest BCUT2D eigenvalue weighted by Gasteiger charge is 2.07. The summed E-state index contributed by atoms with van der Waals surface area (Å²) in [6.07, 6.45) is 2.28. The van der Waals surface area contributed by atoms with E-state index < -0.39 is 0 Å². The Hall–Kier alpha value is -2.79. The second-order valence-electron chi connectivity index (χ2n) is 5.65. The molecule has 2 amide bonds. The maximum absolute atomic E-state index is 12.0. The highest BCUT2D eigenvalue weighted by Crippen LogP contribution is 2.15. The van der Waals surface area contributed by atoms with Crippen molar-refractivity contribution in [3.8, 4) is 0 Å². The molecule has 0 radical (unpaired) electrons. The summed E-state index contributed by atoms with van der Waals surface area (Å²) in [6, 6.07) is 16.8. The quantitative estimate of drug-likeness (QED) is 0.711. The molecule has 2 N–H and O–H groups in total. The van der Waals surface area contributed by atoms with E-state index in [0.29, 0.717) is 23.7 Å². The highest BCUT2D eigenvalue weighted by atomic mass is 35.5. The molecule has 0 aliphatic rings. The molecule has 1 heterocycles. The molecule has 6 heteroatoms. The van der Waals surface area contributed by atoms with E-state index in [1.54, 1.807) is 24.3 Å². The Kier molecular flexibility index (Phi) is 5.36. The van der Waals surface area contributed by atoms with Gasteiger partial charge in [-0.15, -0.1) is 0 Å². The Labute approximate surface area is 150 Å². The molecular formula is C19H18ClN3O2. The normalized spacial score (nSPS) is 10.6. The largest absolute Gasteiger partial charge is 0.347 e. The van der Waals surface area contributed by atoms with Gasteiger partial charge in [-0.1, -0.05) is 29.8 Å². The first-order valence-corrected chi connectivity index (χ1v) is 8.35. The van der Waals surface area contributed by atoms with Gasteiger partial charge in [0.1, 0.15) is 0 Å². The van der Waals surface area contributed by atoms with Crippen molar-refractivity contribution in [2.45, 2.75) is 13.0 Å². The Morgan fingerprint density at radius 3 is 2.52 bits per heavy atom. The lowest BCUT2D eigenvalue weighted by molar-refractivity contribution is -0.124. The topological polar surface area (TPSA) is 63.1 Å². The Morgan fingerprint density at radius 2 is 1.72 bits per heavy atom. The molecule has 3 aromatic rings. The monoisotopic (exact) mass is 355 g/mol. The lowest BCUT2D eigenvalue weighted by Gasteiger charge is -2.08. The predicted molar refractivity (Wildman–Crippen MR) is 99.6 cm³/mol. The number of hydrogen-bond donors (Lipinski definition) is 2. The molecule has 0 unspecified atom stereocenters. The number of nitrogens with one attached hydrogen (secondary N) is 2. The van der Waals surface area contributed by atoms with Crippen molar-refractivity contribution in [2.75, 3.05) is 11.9 Å². The van der Waals surface area contributed by atoms with Crippen molar-refractivity contribution in [3.63, 3.8) is 0 Å². The summed E-state index contributed by atoms with van der Waals surface area (Å²) >= 11 is 5.79. The molecular weight excluding hydrogens is 338 g/mol. The van der Waals surface area contributed by atoms with Gasteiger partial charge >= 0.3 is 0 Å². The van der Waals surface area contributed by atoms with Crippen LogP contribution >= 0.6 is 11.6 Å². The second kappa shape index (κ2) is 7.85. The average molecular weight is 356 g/mol. The van der Waals surface area contributed by atoms with Crippen molar-refractivity contribution in [1.29, 1.82) is 0 Å². The summed E-state index contributed by atoms with van der Waals surface area (Å²) in [6.45, 7) is 0.506. The van der Waals surface area contributed by atoms with Crippen LogP contribution in [0.2, 0.25) is 5.02 Å². The van der Waals surface area contributed by atoms with Gasteiger partial charge in [-0.2, -0.15) is 0 Å². The van der Waals surface area contributed by atoms with Crippen LogP contribution in [0.15, 0.2) is 60.8 Å². The molecule has 3 rings (SSSR count). The number of amides is 2. The Bertz CT molecular complexity index is 887. The van der Waals surface area contributed by atoms with Crippen molar-refractivity contribution in [1.82, 2.24) is 9.88 Å². The van der Waals surface area contributed by atoms with E-state index in [9.17, 15) is 9.59 Å². The van der Waals surface area contributed by atoms with Crippen LogP contribution in [0.1, 0.15) is 6.42 Å². The first-order chi connectivity index (χ1) is 12.1. The van der Waals surface area contributed by atoms with Gasteiger partial charge in [0, 0.05) is 35.4 Å². The number of halogens is 1. The summed E-state index contributed by atoms with van der Waals surface area (Å²) in [7, 11) is 0. The van der Waals surface area contributed by atoms with E-state index in [2.05, 4.69) is 10.6 Å². The first-order valence-electron chi connectivity index (χ1n) is 7.98. The molecule has 2 aromatic carbocycles. The van der Waals surface area contributed by atoms with Crippen molar-refractivity contribution in [2.24, 2.45) is 0 Å². The molecule has 0 spiro atoms. The molecule has 128 valence electrons. The van der Waals surface area contributed by atoms with Gasteiger partial charge in [-0.05, 0) is 41.8 Å². The van der Waals surface area contributed by atoms with Gasteiger partial charge in [-0.3, -0.25) is 9.59 Å². The van der Waals surface area contributed by atoms with Crippen LogP contribution in [0, 0.1) is 0 Å². The lowest BCUT2D eigenvalue weighted by atomic mass is 10.2. The number of anilines is 1. The molecule has 0 saturated heterocycles. The number of hydrogen-bond acceptors (Lipinski definition) is 2. The van der Waals surface area contributed by atoms with Crippen molar-refractivity contribution in [3.05, 3.63) is 65.8 Å². The van der Waals surface area contributed by atoms with E-state index in [1.807, 2.05) is 41.1 Å². The van der Waals surface area contributed by atoms with Crippen LogP contribution < -0.4 is 10.6 Å². The SMILES string of the molecule is O=C(CCn1ccc2ccccc21)NCC(=O)Nc1ccc(Cl)cc1. The highest BCUT2D eigenvalue weighted by molar-refractivity contribution is 6.30. The summed E-state index contributed by atoms with van der Waals surface area (Å²) < 4.78 is 2.03. The third kappa shape index (κ3) is 4.61. The third-order valence-electron chi connectivity index (χ3n) is 3.83. The zero-order valence-corrected chi connectivity index (χ0v) is 14.3. The van der Waals surface area contributed by atoms with E-state index in [-0.39, 0.29) is 18.4 Å². The van der Waals surface area contributed by atoms with Crippen LogP contribution in [0.3, 0.4) is 0 Å². The molecule has 0 atom stereocenters. The number of aryl methyl sites for hydroxylation is 1. The van der Waals surface area contributed by atoms with Crippen LogP contribution in [0.5, 0.6) is 0 Å². The molecule has 0 fully saturated rings. The fourth-order valence-corrected chi connectivity index (χ4v) is 2.69. The number of carbonyl (C=O) groups is 2. The third-order valence-corrected chi connectivity index (χ3v) is 4.09. The minimum absolute atomic E-state index is 0.0616. The maximum Gasteiger partial charge on any atom is 0.243 e. The van der Waals surface area contributed by atoms with Gasteiger partial charge in [0.15, 0.2) is 0 Å². The number of rotatable bonds is 6. The molecule has 0 aliphatic carbocycles. The number of fused-ring (bicyclic) bond motifs is 1. The van der Waals surface area contributed by atoms with E-state index in [4.69, 9.17) is 11.6 Å². The summed E-state index contributed by atoms with van der Waals surface area (Å²) in [5.74, 6) is -0.439. The lowest BCUT2D eigenvalue weighted by Crippen LogP contribution is -2.33. The van der Waals surface area contributed by atoms with Gasteiger partial charge < -0.3 is 15.2 Å². The summed E-state index contributed by atoms with van der Waals surface area (Å²) in [5.41, 5.74) is 1.73. The van der Waals surface area contributed by atoms with Crippen molar-refractivity contribution >= 4 is 40.0 Å². The molecule has 5 nitrogen and oxygen atoms in total. The first kappa shape index (κ1) is 17.0. The minimum atomic E-state index is -0.276. The van der Waals surface area contributed by atoms with Gasteiger partial charge in [0.2, 0.25) is 11.8 Å². The maximum atomic E-state index is 12.0. The van der Waals surface area contributed by atoms with Crippen LogP contribution in [0.4, 0.5) is 5.69 Å². The fourth-order valence-electron chi connectivity index (χ4n) is 2.56.